The van der Waals surface area contributed by atoms with Crippen molar-refractivity contribution in [2.75, 3.05) is 5.32 Å². The Labute approximate surface area is 152 Å². The van der Waals surface area contributed by atoms with E-state index in [1.807, 2.05) is 60.7 Å². The molecule has 0 heterocycles. The Hall–Kier alpha value is -2.99. The molecule has 0 saturated heterocycles. The number of anilines is 1. The van der Waals surface area contributed by atoms with Gasteiger partial charge in [0.05, 0.1) is 6.21 Å². The van der Waals surface area contributed by atoms with E-state index in [0.717, 1.165) is 20.8 Å². The zero-order chi connectivity index (χ0) is 17.6. The molecule has 0 saturated carbocycles. The van der Waals surface area contributed by atoms with Gasteiger partial charge in [-0.25, -0.2) is 5.43 Å². The Balaban J connectivity index is 1.61. The fourth-order valence-electron chi connectivity index (χ4n) is 2.26. The molecule has 0 aromatic heterocycles. The molecule has 0 fully saturated rings. The van der Waals surface area contributed by atoms with Crippen molar-refractivity contribution < 1.29 is 9.59 Å². The third kappa shape index (κ3) is 4.51. The number of amides is 2. The third-order valence-corrected chi connectivity index (χ3v) is 3.94. The van der Waals surface area contributed by atoms with Gasteiger partial charge in [-0.1, -0.05) is 58.4 Å². The van der Waals surface area contributed by atoms with Gasteiger partial charge in [-0.05, 0) is 40.6 Å². The van der Waals surface area contributed by atoms with Crippen LogP contribution in [0.25, 0.3) is 10.8 Å². The van der Waals surface area contributed by atoms with Gasteiger partial charge < -0.3 is 5.32 Å². The topological polar surface area (TPSA) is 70.6 Å². The predicted molar refractivity (Wildman–Crippen MR) is 102 cm³/mol. The molecule has 3 aromatic carbocycles. The molecule has 0 aliphatic heterocycles. The van der Waals surface area contributed by atoms with Crippen LogP contribution in [-0.4, -0.2) is 18.0 Å². The summed E-state index contributed by atoms with van der Waals surface area (Å²) in [6.45, 7) is 0. The first kappa shape index (κ1) is 16.9. The predicted octanol–water partition coefficient (Wildman–Crippen LogP) is 3.69. The molecule has 0 radical (unpaired) electrons. The minimum absolute atomic E-state index is 0.551. The van der Waals surface area contributed by atoms with E-state index < -0.39 is 11.8 Å². The maximum absolute atomic E-state index is 11.9. The van der Waals surface area contributed by atoms with Crippen LogP contribution in [0.5, 0.6) is 0 Å². The molecule has 0 aliphatic rings. The summed E-state index contributed by atoms with van der Waals surface area (Å²) in [5.41, 5.74) is 3.56. The first-order valence-corrected chi connectivity index (χ1v) is 8.30. The molecule has 2 amide bonds. The SMILES string of the molecule is O=C(NN=Cc1cccc(Br)c1)C(=O)Nc1ccc2ccccc2c1. The second kappa shape index (κ2) is 7.72. The highest BCUT2D eigenvalue weighted by Crippen LogP contribution is 2.18. The lowest BCUT2D eigenvalue weighted by Crippen LogP contribution is -2.32. The van der Waals surface area contributed by atoms with E-state index in [2.05, 4.69) is 31.8 Å². The Bertz CT molecular complexity index is 970. The highest BCUT2D eigenvalue weighted by atomic mass is 79.9. The number of nitrogens with zero attached hydrogens (tertiary/aromatic N) is 1. The van der Waals surface area contributed by atoms with Crippen LogP contribution >= 0.6 is 15.9 Å². The van der Waals surface area contributed by atoms with Crippen LogP contribution in [0.4, 0.5) is 5.69 Å². The van der Waals surface area contributed by atoms with Gasteiger partial charge in [0.2, 0.25) is 0 Å². The third-order valence-electron chi connectivity index (χ3n) is 3.44. The lowest BCUT2D eigenvalue weighted by molar-refractivity contribution is -0.136. The highest BCUT2D eigenvalue weighted by molar-refractivity contribution is 9.10. The van der Waals surface area contributed by atoms with Crippen molar-refractivity contribution >= 4 is 50.4 Å². The summed E-state index contributed by atoms with van der Waals surface area (Å²) in [6.07, 6.45) is 1.46. The molecule has 124 valence electrons. The largest absolute Gasteiger partial charge is 0.329 e. The van der Waals surface area contributed by atoms with Crippen LogP contribution in [0, 0.1) is 0 Å². The summed E-state index contributed by atoms with van der Waals surface area (Å²) >= 11 is 3.35. The molecule has 0 spiro atoms. The lowest BCUT2D eigenvalue weighted by atomic mass is 10.1. The Morgan fingerprint density at radius 2 is 1.68 bits per heavy atom. The number of hydrogen-bond donors (Lipinski definition) is 2. The number of benzene rings is 3. The first-order chi connectivity index (χ1) is 12.1. The summed E-state index contributed by atoms with van der Waals surface area (Å²) in [6, 6.07) is 20.6. The van der Waals surface area contributed by atoms with Crippen LogP contribution in [0.2, 0.25) is 0 Å². The van der Waals surface area contributed by atoms with Gasteiger partial charge >= 0.3 is 11.8 Å². The molecule has 5 nitrogen and oxygen atoms in total. The van der Waals surface area contributed by atoms with Gasteiger partial charge in [-0.2, -0.15) is 5.10 Å². The minimum atomic E-state index is -0.834. The Kier molecular flexibility index (Phi) is 5.20. The molecule has 0 atom stereocenters. The minimum Gasteiger partial charge on any atom is -0.318 e. The second-order valence-corrected chi connectivity index (χ2v) is 6.19. The first-order valence-electron chi connectivity index (χ1n) is 7.50. The molecule has 2 N–H and O–H groups in total. The smallest absolute Gasteiger partial charge is 0.318 e. The van der Waals surface area contributed by atoms with Gasteiger partial charge in [-0.3, -0.25) is 9.59 Å². The van der Waals surface area contributed by atoms with E-state index in [4.69, 9.17) is 0 Å². The van der Waals surface area contributed by atoms with Crippen molar-refractivity contribution in [2.24, 2.45) is 5.10 Å². The Morgan fingerprint density at radius 3 is 2.48 bits per heavy atom. The second-order valence-electron chi connectivity index (χ2n) is 5.27. The number of carbonyl (C=O) groups is 2. The van der Waals surface area contributed by atoms with E-state index in [9.17, 15) is 9.59 Å². The van der Waals surface area contributed by atoms with Crippen LogP contribution < -0.4 is 10.7 Å². The van der Waals surface area contributed by atoms with Gasteiger partial charge in [0.25, 0.3) is 0 Å². The number of hydrogen-bond acceptors (Lipinski definition) is 3. The van der Waals surface area contributed by atoms with E-state index in [1.165, 1.54) is 6.21 Å². The maximum atomic E-state index is 11.9. The number of fused-ring (bicyclic) bond motifs is 1. The molecule has 0 aliphatic carbocycles. The van der Waals surface area contributed by atoms with Crippen LogP contribution in [0.3, 0.4) is 0 Å². The molecule has 6 heteroatoms. The van der Waals surface area contributed by atoms with Crippen molar-refractivity contribution in [1.29, 1.82) is 0 Å². The summed E-state index contributed by atoms with van der Waals surface area (Å²) in [5, 5.41) is 8.39. The van der Waals surface area contributed by atoms with E-state index in [0.29, 0.717) is 5.69 Å². The van der Waals surface area contributed by atoms with Crippen molar-refractivity contribution in [3.05, 3.63) is 76.8 Å². The fourth-order valence-corrected chi connectivity index (χ4v) is 2.67. The van der Waals surface area contributed by atoms with Crippen LogP contribution in [-0.2, 0) is 9.59 Å². The number of carbonyl (C=O) groups excluding carboxylic acids is 2. The molecule has 3 aromatic rings. The lowest BCUT2D eigenvalue weighted by Gasteiger charge is -2.05. The number of nitrogens with one attached hydrogen (secondary N) is 2. The molecular formula is C19H14BrN3O2. The summed E-state index contributed by atoms with van der Waals surface area (Å²) in [7, 11) is 0. The Morgan fingerprint density at radius 1 is 0.880 bits per heavy atom. The van der Waals surface area contributed by atoms with Gasteiger partial charge in [0.15, 0.2) is 0 Å². The molecule has 0 unspecified atom stereocenters. The summed E-state index contributed by atoms with van der Waals surface area (Å²) < 4.78 is 0.900. The fraction of sp³-hybridized carbons (Fsp3) is 0. The zero-order valence-corrected chi connectivity index (χ0v) is 14.7. The molecular weight excluding hydrogens is 382 g/mol. The average molecular weight is 396 g/mol. The highest BCUT2D eigenvalue weighted by Gasteiger charge is 2.12. The van der Waals surface area contributed by atoms with Crippen molar-refractivity contribution in [3.8, 4) is 0 Å². The quantitative estimate of drug-likeness (QED) is 0.403. The van der Waals surface area contributed by atoms with Gasteiger partial charge in [0.1, 0.15) is 0 Å². The number of rotatable bonds is 3. The van der Waals surface area contributed by atoms with Crippen LogP contribution in [0.1, 0.15) is 5.56 Å². The van der Waals surface area contributed by atoms with E-state index in [1.54, 1.807) is 6.07 Å². The molecule has 0 bridgehead atoms. The maximum Gasteiger partial charge on any atom is 0.329 e. The normalized spacial score (nSPS) is 10.8. The van der Waals surface area contributed by atoms with E-state index in [-0.39, 0.29) is 0 Å². The molecule has 3 rings (SSSR count). The van der Waals surface area contributed by atoms with Crippen molar-refractivity contribution in [3.63, 3.8) is 0 Å². The van der Waals surface area contributed by atoms with Gasteiger partial charge in [-0.15, -0.1) is 0 Å². The summed E-state index contributed by atoms with van der Waals surface area (Å²) in [4.78, 5) is 23.8. The zero-order valence-electron chi connectivity index (χ0n) is 13.1. The average Bonchev–Trinajstić information content (AvgIpc) is 2.61. The van der Waals surface area contributed by atoms with E-state index >= 15 is 0 Å². The standard InChI is InChI=1S/C19H14BrN3O2/c20-16-7-3-4-13(10-16)12-21-23-19(25)18(24)22-17-9-8-14-5-1-2-6-15(14)11-17/h1-12H,(H,22,24)(H,23,25). The van der Waals surface area contributed by atoms with Crippen LogP contribution in [0.15, 0.2) is 76.3 Å². The summed E-state index contributed by atoms with van der Waals surface area (Å²) in [5.74, 6) is -1.61. The van der Waals surface area contributed by atoms with Crippen molar-refractivity contribution in [2.45, 2.75) is 0 Å². The number of hydrazone groups is 1. The van der Waals surface area contributed by atoms with Gasteiger partial charge in [0, 0.05) is 10.2 Å². The van der Waals surface area contributed by atoms with Crippen molar-refractivity contribution in [1.82, 2.24) is 5.43 Å². The molecule has 25 heavy (non-hydrogen) atoms. The number of halogens is 1. The monoisotopic (exact) mass is 395 g/mol.